The van der Waals surface area contributed by atoms with Gasteiger partial charge in [0.05, 0.1) is 25.1 Å². The molecule has 154 valence electrons. The van der Waals surface area contributed by atoms with Crippen molar-refractivity contribution in [3.8, 4) is 12.1 Å². The number of aryl methyl sites for hydroxylation is 1. The van der Waals surface area contributed by atoms with Crippen LogP contribution in [0.5, 0.6) is 0 Å². The quantitative estimate of drug-likeness (QED) is 0.329. The van der Waals surface area contributed by atoms with E-state index in [-0.39, 0.29) is 32.5 Å². The van der Waals surface area contributed by atoms with Gasteiger partial charge in [-0.25, -0.2) is 4.79 Å². The number of hydrogen-bond donors (Lipinski definition) is 4. The van der Waals surface area contributed by atoms with Gasteiger partial charge in [-0.3, -0.25) is 9.59 Å². The maximum atomic E-state index is 12.7. The van der Waals surface area contributed by atoms with Crippen LogP contribution in [-0.4, -0.2) is 42.1 Å². The predicted octanol–water partition coefficient (Wildman–Crippen LogP) is 0.913. The first-order valence-electron chi connectivity index (χ1n) is 8.82. The van der Waals surface area contributed by atoms with E-state index in [1.54, 1.807) is 12.3 Å². The maximum absolute atomic E-state index is 12.7. The van der Waals surface area contributed by atoms with Crippen molar-refractivity contribution in [3.63, 3.8) is 0 Å². The smallest absolute Gasteiger partial charge is 0.316 e. The lowest BCUT2D eigenvalue weighted by Gasteiger charge is -2.31. The van der Waals surface area contributed by atoms with E-state index < -0.39 is 22.7 Å². The number of nitrogens with zero attached hydrogens (tertiary/aromatic N) is 2. The molecule has 0 aliphatic heterocycles. The molecule has 1 unspecified atom stereocenters. The van der Waals surface area contributed by atoms with Crippen LogP contribution in [0.25, 0.3) is 0 Å². The summed E-state index contributed by atoms with van der Waals surface area (Å²) in [5.74, 6) is -1.11. The van der Waals surface area contributed by atoms with Crippen molar-refractivity contribution in [2.45, 2.75) is 31.2 Å². The number of nitriles is 2. The fourth-order valence-corrected chi connectivity index (χ4v) is 2.91. The van der Waals surface area contributed by atoms with E-state index in [1.807, 2.05) is 37.3 Å². The Hall–Kier alpha value is -3.24. The SMILES string of the molecule is CSC(CNC(=O)CC#N)(NC(=O)NCc1ccc(C)cc1)C(=O)NCCC#N. The molecule has 0 saturated carbocycles. The zero-order valence-electron chi connectivity index (χ0n) is 16.4. The fourth-order valence-electron chi connectivity index (χ4n) is 2.25. The summed E-state index contributed by atoms with van der Waals surface area (Å²) in [6.07, 6.45) is 1.36. The summed E-state index contributed by atoms with van der Waals surface area (Å²) in [5, 5.41) is 27.6. The lowest BCUT2D eigenvalue weighted by molar-refractivity contribution is -0.124. The third-order valence-electron chi connectivity index (χ3n) is 3.90. The summed E-state index contributed by atoms with van der Waals surface area (Å²) in [5.41, 5.74) is 1.99. The molecule has 1 aromatic rings. The molecule has 9 nitrogen and oxygen atoms in total. The van der Waals surface area contributed by atoms with Gasteiger partial charge in [0.1, 0.15) is 6.42 Å². The minimum absolute atomic E-state index is 0.108. The van der Waals surface area contributed by atoms with Crippen molar-refractivity contribution < 1.29 is 14.4 Å². The van der Waals surface area contributed by atoms with Crippen LogP contribution in [0.4, 0.5) is 4.79 Å². The highest BCUT2D eigenvalue weighted by Crippen LogP contribution is 2.19. The van der Waals surface area contributed by atoms with Crippen LogP contribution in [-0.2, 0) is 16.1 Å². The molecule has 0 heterocycles. The first-order valence-corrected chi connectivity index (χ1v) is 10.0. The van der Waals surface area contributed by atoms with E-state index in [9.17, 15) is 14.4 Å². The van der Waals surface area contributed by atoms with Crippen molar-refractivity contribution in [2.75, 3.05) is 19.3 Å². The maximum Gasteiger partial charge on any atom is 0.316 e. The molecule has 1 aromatic carbocycles. The molecule has 0 saturated heterocycles. The Kier molecular flexibility index (Phi) is 10.1. The molecule has 0 aliphatic rings. The second-order valence-corrected chi connectivity index (χ2v) is 7.21. The highest BCUT2D eigenvalue weighted by atomic mass is 32.2. The second kappa shape index (κ2) is 12.3. The van der Waals surface area contributed by atoms with Gasteiger partial charge in [-0.2, -0.15) is 10.5 Å². The molecule has 0 fully saturated rings. The highest BCUT2D eigenvalue weighted by Gasteiger charge is 2.39. The predicted molar refractivity (Wildman–Crippen MR) is 109 cm³/mol. The minimum Gasteiger partial charge on any atom is -0.352 e. The average Bonchev–Trinajstić information content (AvgIpc) is 2.71. The lowest BCUT2D eigenvalue weighted by atomic mass is 10.1. The zero-order chi connectivity index (χ0) is 21.7. The second-order valence-electron chi connectivity index (χ2n) is 6.10. The van der Waals surface area contributed by atoms with Crippen LogP contribution < -0.4 is 21.3 Å². The van der Waals surface area contributed by atoms with Crippen LogP contribution in [0.1, 0.15) is 24.0 Å². The molecule has 0 aliphatic carbocycles. The van der Waals surface area contributed by atoms with Gasteiger partial charge in [0.25, 0.3) is 5.91 Å². The van der Waals surface area contributed by atoms with Crippen LogP contribution in [0.2, 0.25) is 0 Å². The van der Waals surface area contributed by atoms with Gasteiger partial charge in [-0.05, 0) is 18.7 Å². The molecule has 1 rings (SSSR count). The normalized spacial score (nSPS) is 11.9. The summed E-state index contributed by atoms with van der Waals surface area (Å²) in [6, 6.07) is 10.7. The molecule has 4 amide bonds. The third-order valence-corrected chi connectivity index (χ3v) is 5.03. The van der Waals surface area contributed by atoms with Gasteiger partial charge in [-0.15, -0.1) is 11.8 Å². The molecule has 1 atom stereocenters. The monoisotopic (exact) mass is 416 g/mol. The number of benzene rings is 1. The first-order chi connectivity index (χ1) is 13.9. The Morgan fingerprint density at radius 3 is 2.34 bits per heavy atom. The summed E-state index contributed by atoms with van der Waals surface area (Å²) in [7, 11) is 0. The Labute approximate surface area is 174 Å². The van der Waals surface area contributed by atoms with E-state index in [0.717, 1.165) is 22.9 Å². The van der Waals surface area contributed by atoms with Crippen LogP contribution in [0.3, 0.4) is 0 Å². The number of carbonyl (C=O) groups is 3. The third kappa shape index (κ3) is 8.11. The van der Waals surface area contributed by atoms with Crippen LogP contribution in [0, 0.1) is 29.6 Å². The largest absolute Gasteiger partial charge is 0.352 e. The number of carbonyl (C=O) groups excluding carboxylic acids is 3. The van der Waals surface area contributed by atoms with Gasteiger partial charge in [0.2, 0.25) is 5.91 Å². The number of rotatable bonds is 10. The molecule has 4 N–H and O–H groups in total. The number of amides is 4. The van der Waals surface area contributed by atoms with E-state index in [2.05, 4.69) is 21.3 Å². The number of urea groups is 1. The molecular weight excluding hydrogens is 392 g/mol. The molecule has 0 bridgehead atoms. The van der Waals surface area contributed by atoms with Gasteiger partial charge < -0.3 is 21.3 Å². The van der Waals surface area contributed by atoms with Gasteiger partial charge in [-0.1, -0.05) is 29.8 Å². The van der Waals surface area contributed by atoms with Crippen molar-refractivity contribution in [1.82, 2.24) is 21.3 Å². The molecule has 0 aromatic heterocycles. The summed E-state index contributed by atoms with van der Waals surface area (Å²) in [6.45, 7) is 2.11. The fraction of sp³-hybridized carbons (Fsp3) is 0.421. The van der Waals surface area contributed by atoms with Crippen molar-refractivity contribution in [3.05, 3.63) is 35.4 Å². The molecule has 29 heavy (non-hydrogen) atoms. The topological polar surface area (TPSA) is 147 Å². The first kappa shape index (κ1) is 23.8. The highest BCUT2D eigenvalue weighted by molar-refractivity contribution is 8.00. The standard InChI is InChI=1S/C19H24N6O3S/c1-14-4-6-15(7-5-14)12-23-18(28)25-19(29-2,13-24-16(26)8-10-21)17(27)22-11-3-9-20/h4-7H,3,8,11-13H2,1-2H3,(H,22,27)(H,24,26)(H2,23,25,28). The van der Waals surface area contributed by atoms with Crippen LogP contribution >= 0.6 is 11.8 Å². The van der Waals surface area contributed by atoms with Gasteiger partial charge in [0, 0.05) is 13.1 Å². The molecule has 0 spiro atoms. The summed E-state index contributed by atoms with van der Waals surface area (Å²) < 4.78 is 0. The molecular formula is C19H24N6O3S. The zero-order valence-corrected chi connectivity index (χ0v) is 17.2. The Bertz CT molecular complexity index is 800. The Balaban J connectivity index is 2.83. The van der Waals surface area contributed by atoms with Crippen molar-refractivity contribution in [1.29, 1.82) is 10.5 Å². The minimum atomic E-state index is -1.50. The number of thioether (sulfide) groups is 1. The van der Waals surface area contributed by atoms with Crippen LogP contribution in [0.15, 0.2) is 24.3 Å². The van der Waals surface area contributed by atoms with E-state index >= 15 is 0 Å². The molecule has 10 heteroatoms. The van der Waals surface area contributed by atoms with Gasteiger partial charge in [0.15, 0.2) is 4.87 Å². The van der Waals surface area contributed by atoms with Gasteiger partial charge >= 0.3 is 6.03 Å². The van der Waals surface area contributed by atoms with E-state index in [0.29, 0.717) is 0 Å². The van der Waals surface area contributed by atoms with E-state index in [1.165, 1.54) is 0 Å². The van der Waals surface area contributed by atoms with E-state index in [4.69, 9.17) is 10.5 Å². The van der Waals surface area contributed by atoms with Crippen molar-refractivity contribution in [2.24, 2.45) is 0 Å². The summed E-state index contributed by atoms with van der Waals surface area (Å²) in [4.78, 5) is 35.3. The Morgan fingerprint density at radius 2 is 1.76 bits per heavy atom. The molecule has 0 radical (unpaired) electrons. The average molecular weight is 417 g/mol. The van der Waals surface area contributed by atoms with Crippen molar-refractivity contribution >= 4 is 29.6 Å². The number of nitrogens with one attached hydrogen (secondary N) is 4. The number of hydrogen-bond acceptors (Lipinski definition) is 6. The Morgan fingerprint density at radius 1 is 1.07 bits per heavy atom. The lowest BCUT2D eigenvalue weighted by Crippen LogP contribution is -2.63. The summed E-state index contributed by atoms with van der Waals surface area (Å²) >= 11 is 1.03.